The predicted octanol–water partition coefficient (Wildman–Crippen LogP) is 3.20. The summed E-state index contributed by atoms with van der Waals surface area (Å²) >= 11 is 0. The lowest BCUT2D eigenvalue weighted by molar-refractivity contribution is 0.0166. The molecule has 1 N–H and O–H groups in total. The molecule has 2 fully saturated rings. The van der Waals surface area contributed by atoms with E-state index in [1.165, 1.54) is 12.8 Å². The summed E-state index contributed by atoms with van der Waals surface area (Å²) in [6.07, 6.45) is 2.94. The highest BCUT2D eigenvalue weighted by atomic mass is 16.5. The van der Waals surface area contributed by atoms with Gasteiger partial charge >= 0.3 is 0 Å². The number of carbonyl (C=O) groups is 1. The highest BCUT2D eigenvalue weighted by molar-refractivity contribution is 5.94. The van der Waals surface area contributed by atoms with Gasteiger partial charge in [0.25, 0.3) is 5.91 Å². The first kappa shape index (κ1) is 21.7. The number of amides is 1. The maximum atomic E-state index is 13.0. The second-order valence-electron chi connectivity index (χ2n) is 8.44. The second-order valence-corrected chi connectivity index (χ2v) is 8.44. The van der Waals surface area contributed by atoms with E-state index in [1.807, 2.05) is 42.5 Å². The van der Waals surface area contributed by atoms with Gasteiger partial charge in [0, 0.05) is 19.2 Å². The average molecular weight is 425 g/mol. The molecule has 4 rings (SSSR count). The van der Waals surface area contributed by atoms with Crippen LogP contribution in [0.1, 0.15) is 36.0 Å². The first-order valence-corrected chi connectivity index (χ1v) is 11.2. The maximum absolute atomic E-state index is 13.0. The Balaban J connectivity index is 1.29. The molecule has 2 aromatic rings. The Hall–Kier alpha value is -2.57. The smallest absolute Gasteiger partial charge is 0.253 e. The van der Waals surface area contributed by atoms with Crippen molar-refractivity contribution in [3.63, 3.8) is 0 Å². The van der Waals surface area contributed by atoms with Gasteiger partial charge in [0.1, 0.15) is 30.3 Å². The fourth-order valence-corrected chi connectivity index (χ4v) is 4.50. The number of carbonyl (C=O) groups excluding carboxylic acids is 1. The van der Waals surface area contributed by atoms with E-state index in [9.17, 15) is 9.90 Å². The summed E-state index contributed by atoms with van der Waals surface area (Å²) in [6.45, 7) is 3.92. The minimum absolute atomic E-state index is 0.104. The van der Waals surface area contributed by atoms with Crippen molar-refractivity contribution >= 4 is 5.91 Å². The van der Waals surface area contributed by atoms with Crippen molar-refractivity contribution in [1.82, 2.24) is 9.80 Å². The molecule has 3 atom stereocenters. The normalized spacial score (nSPS) is 23.6. The molecule has 0 aromatic heterocycles. The largest absolute Gasteiger partial charge is 0.492 e. The number of ether oxygens (including phenoxy) is 2. The SMILES string of the molecule is CN(C(=O)c1ccc(OCCN2CCCC2)cc1)[C@@H]1CC[C@@H](Oc2ccccc2)[C@@H]1O. The van der Waals surface area contributed by atoms with E-state index >= 15 is 0 Å². The van der Waals surface area contributed by atoms with Gasteiger partial charge in [-0.15, -0.1) is 0 Å². The molecule has 2 aliphatic rings. The van der Waals surface area contributed by atoms with Gasteiger partial charge in [-0.1, -0.05) is 18.2 Å². The van der Waals surface area contributed by atoms with E-state index in [0.717, 1.165) is 31.1 Å². The molecule has 1 aliphatic carbocycles. The first-order valence-electron chi connectivity index (χ1n) is 11.2. The van der Waals surface area contributed by atoms with Gasteiger partial charge in [-0.25, -0.2) is 0 Å². The van der Waals surface area contributed by atoms with E-state index in [4.69, 9.17) is 9.47 Å². The molecule has 31 heavy (non-hydrogen) atoms. The third-order valence-corrected chi connectivity index (χ3v) is 6.35. The van der Waals surface area contributed by atoms with Crippen molar-refractivity contribution in [2.75, 3.05) is 33.3 Å². The molecule has 1 saturated carbocycles. The molecule has 1 saturated heterocycles. The molecule has 0 radical (unpaired) electrons. The third kappa shape index (κ3) is 5.38. The lowest BCUT2D eigenvalue weighted by Gasteiger charge is -2.29. The number of para-hydroxylation sites is 1. The highest BCUT2D eigenvalue weighted by Gasteiger charge is 2.40. The second kappa shape index (κ2) is 10.2. The fourth-order valence-electron chi connectivity index (χ4n) is 4.50. The van der Waals surface area contributed by atoms with E-state index in [-0.39, 0.29) is 18.1 Å². The van der Waals surface area contributed by atoms with Crippen LogP contribution in [0.4, 0.5) is 0 Å². The first-order chi connectivity index (χ1) is 15.1. The lowest BCUT2D eigenvalue weighted by atomic mass is 10.1. The van der Waals surface area contributed by atoms with E-state index in [1.54, 1.807) is 24.1 Å². The molecular weight excluding hydrogens is 392 g/mol. The van der Waals surface area contributed by atoms with Crippen molar-refractivity contribution in [1.29, 1.82) is 0 Å². The van der Waals surface area contributed by atoms with Gasteiger partial charge < -0.3 is 19.5 Å². The molecule has 1 aliphatic heterocycles. The number of likely N-dealkylation sites (N-methyl/N-ethyl adjacent to an activating group) is 1. The van der Waals surface area contributed by atoms with Crippen molar-refractivity contribution < 1.29 is 19.4 Å². The number of aliphatic hydroxyl groups is 1. The minimum atomic E-state index is -0.720. The quantitative estimate of drug-likeness (QED) is 0.705. The number of hydrogen-bond acceptors (Lipinski definition) is 5. The van der Waals surface area contributed by atoms with Crippen molar-refractivity contribution in [2.24, 2.45) is 0 Å². The Morgan fingerprint density at radius 1 is 1.03 bits per heavy atom. The van der Waals surface area contributed by atoms with Crippen molar-refractivity contribution in [3.8, 4) is 11.5 Å². The summed E-state index contributed by atoms with van der Waals surface area (Å²) in [5.74, 6) is 1.41. The van der Waals surface area contributed by atoms with E-state index in [0.29, 0.717) is 25.0 Å². The summed E-state index contributed by atoms with van der Waals surface area (Å²) in [4.78, 5) is 17.0. The average Bonchev–Trinajstić information content (AvgIpc) is 3.44. The minimum Gasteiger partial charge on any atom is -0.492 e. The molecule has 0 bridgehead atoms. The zero-order valence-corrected chi connectivity index (χ0v) is 18.2. The zero-order valence-electron chi connectivity index (χ0n) is 18.2. The van der Waals surface area contributed by atoms with E-state index < -0.39 is 6.10 Å². The number of nitrogens with zero attached hydrogens (tertiary/aromatic N) is 2. The van der Waals surface area contributed by atoms with Crippen LogP contribution in [0.2, 0.25) is 0 Å². The Kier molecular flexibility index (Phi) is 7.10. The monoisotopic (exact) mass is 424 g/mol. The number of likely N-dealkylation sites (tertiary alicyclic amines) is 1. The Labute approximate surface area is 184 Å². The van der Waals surface area contributed by atoms with Gasteiger partial charge in [0.05, 0.1) is 6.04 Å². The van der Waals surface area contributed by atoms with Crippen LogP contribution in [0.5, 0.6) is 11.5 Å². The molecule has 1 amide bonds. The topological polar surface area (TPSA) is 62.2 Å². The van der Waals surface area contributed by atoms with Gasteiger partial charge in [-0.2, -0.15) is 0 Å². The number of benzene rings is 2. The molecule has 2 aromatic carbocycles. The lowest BCUT2D eigenvalue weighted by Crippen LogP contribution is -2.45. The Morgan fingerprint density at radius 2 is 1.74 bits per heavy atom. The van der Waals surface area contributed by atoms with Crippen LogP contribution >= 0.6 is 0 Å². The fraction of sp³-hybridized carbons (Fsp3) is 0.480. The Bertz CT molecular complexity index is 836. The molecular formula is C25H32N2O4. The highest BCUT2D eigenvalue weighted by Crippen LogP contribution is 2.29. The summed E-state index contributed by atoms with van der Waals surface area (Å²) in [7, 11) is 1.75. The third-order valence-electron chi connectivity index (χ3n) is 6.35. The summed E-state index contributed by atoms with van der Waals surface area (Å²) in [6, 6.07) is 16.5. The standard InChI is InChI=1S/C25H32N2O4/c1-26(22-13-14-23(24(22)28)31-21-7-3-2-4-8-21)25(29)19-9-11-20(12-10-19)30-18-17-27-15-5-6-16-27/h2-4,7-12,22-24,28H,5-6,13-18H2,1H3/t22-,23-,24-/m1/s1. The number of aliphatic hydroxyl groups excluding tert-OH is 1. The van der Waals surface area contributed by atoms with Crippen LogP contribution < -0.4 is 9.47 Å². The van der Waals surface area contributed by atoms with Crippen molar-refractivity contribution in [2.45, 2.75) is 43.9 Å². The van der Waals surface area contributed by atoms with Crippen LogP contribution in [0.3, 0.4) is 0 Å². The summed E-state index contributed by atoms with van der Waals surface area (Å²) in [5.41, 5.74) is 0.592. The van der Waals surface area contributed by atoms with E-state index in [2.05, 4.69) is 4.90 Å². The maximum Gasteiger partial charge on any atom is 0.253 e. The van der Waals surface area contributed by atoms with Gasteiger partial charge in [0.15, 0.2) is 0 Å². The van der Waals surface area contributed by atoms with Crippen LogP contribution in [-0.2, 0) is 0 Å². The van der Waals surface area contributed by atoms with Crippen LogP contribution in [0, 0.1) is 0 Å². The molecule has 0 unspecified atom stereocenters. The molecule has 6 nitrogen and oxygen atoms in total. The van der Waals surface area contributed by atoms with Gasteiger partial charge in [0.2, 0.25) is 0 Å². The van der Waals surface area contributed by atoms with Crippen molar-refractivity contribution in [3.05, 3.63) is 60.2 Å². The van der Waals surface area contributed by atoms with Gasteiger partial charge in [-0.3, -0.25) is 9.69 Å². The molecule has 0 spiro atoms. The van der Waals surface area contributed by atoms with Crippen LogP contribution in [0.15, 0.2) is 54.6 Å². The Morgan fingerprint density at radius 3 is 2.45 bits per heavy atom. The molecule has 166 valence electrons. The summed E-state index contributed by atoms with van der Waals surface area (Å²) in [5, 5.41) is 10.8. The predicted molar refractivity (Wildman–Crippen MR) is 120 cm³/mol. The summed E-state index contributed by atoms with van der Waals surface area (Å²) < 4.78 is 11.8. The van der Waals surface area contributed by atoms with Crippen LogP contribution in [-0.4, -0.2) is 72.4 Å². The van der Waals surface area contributed by atoms with Gasteiger partial charge in [-0.05, 0) is 75.2 Å². The zero-order chi connectivity index (χ0) is 21.6. The number of hydrogen-bond donors (Lipinski definition) is 1. The number of rotatable bonds is 8. The van der Waals surface area contributed by atoms with Crippen LogP contribution in [0.25, 0.3) is 0 Å². The molecule has 1 heterocycles. The molecule has 6 heteroatoms.